The first-order valence-electron chi connectivity index (χ1n) is 7.62. The Morgan fingerprint density at radius 3 is 3.00 bits per heavy atom. The number of rotatable bonds is 5. The topological polar surface area (TPSA) is 89.7 Å². The van der Waals surface area contributed by atoms with E-state index in [0.717, 1.165) is 13.1 Å². The van der Waals surface area contributed by atoms with Gasteiger partial charge in [-0.2, -0.15) is 10.1 Å². The Hall–Kier alpha value is -1.89. The van der Waals surface area contributed by atoms with E-state index in [2.05, 4.69) is 37.3 Å². The van der Waals surface area contributed by atoms with E-state index in [1.165, 1.54) is 38.5 Å². The summed E-state index contributed by atoms with van der Waals surface area (Å²) < 4.78 is 0. The molecule has 2 aromatic heterocycles. The molecule has 3 rings (SSSR count). The van der Waals surface area contributed by atoms with Crippen LogP contribution in [0.5, 0.6) is 0 Å². The summed E-state index contributed by atoms with van der Waals surface area (Å²) in [6.07, 6.45) is 5.47. The molecule has 1 aliphatic heterocycles. The van der Waals surface area contributed by atoms with Crippen molar-refractivity contribution in [2.24, 2.45) is 5.92 Å². The van der Waals surface area contributed by atoms with Crippen LogP contribution in [0.4, 0.5) is 5.95 Å². The van der Waals surface area contributed by atoms with Crippen LogP contribution in [-0.4, -0.2) is 51.2 Å². The number of aromatic amines is 2. The number of hydrogen-bond donors (Lipinski definition) is 3. The van der Waals surface area contributed by atoms with Crippen LogP contribution in [0.1, 0.15) is 26.2 Å². The zero-order valence-corrected chi connectivity index (χ0v) is 12.4. The lowest BCUT2D eigenvalue weighted by atomic mass is 10.1. The number of anilines is 1. The number of nitrogens with one attached hydrogen (secondary N) is 3. The Bertz CT molecular complexity index is 642. The van der Waals surface area contributed by atoms with Gasteiger partial charge in [-0.05, 0) is 31.8 Å². The zero-order chi connectivity index (χ0) is 14.7. The third-order valence-electron chi connectivity index (χ3n) is 3.96. The highest BCUT2D eigenvalue weighted by Gasteiger charge is 2.13. The summed E-state index contributed by atoms with van der Waals surface area (Å²) in [5.74, 6) is 1.01. The van der Waals surface area contributed by atoms with Crippen LogP contribution in [-0.2, 0) is 0 Å². The molecule has 0 amide bonds. The molecule has 7 nitrogen and oxygen atoms in total. The molecular weight excluding hydrogens is 268 g/mol. The number of piperidine rings is 1. The molecule has 3 heterocycles. The molecule has 114 valence electrons. The molecule has 1 saturated heterocycles. The minimum absolute atomic E-state index is 0.167. The molecule has 2 aromatic rings. The average Bonchev–Trinajstić information content (AvgIpc) is 2.95. The molecule has 1 fully saturated rings. The van der Waals surface area contributed by atoms with Gasteiger partial charge in [-0.25, -0.2) is 0 Å². The highest BCUT2D eigenvalue weighted by Crippen LogP contribution is 2.11. The SMILES string of the molecule is CC(CNc1nc2[nH]ncc2c(=O)[nH]1)CN1CCCCC1. The molecule has 0 aliphatic carbocycles. The van der Waals surface area contributed by atoms with Crippen molar-refractivity contribution < 1.29 is 0 Å². The van der Waals surface area contributed by atoms with E-state index in [1.54, 1.807) is 0 Å². The van der Waals surface area contributed by atoms with E-state index in [4.69, 9.17) is 0 Å². The van der Waals surface area contributed by atoms with Crippen LogP contribution < -0.4 is 10.9 Å². The Balaban J connectivity index is 1.56. The van der Waals surface area contributed by atoms with Gasteiger partial charge in [0.1, 0.15) is 5.39 Å². The number of aromatic nitrogens is 4. The van der Waals surface area contributed by atoms with Crippen molar-refractivity contribution in [2.45, 2.75) is 26.2 Å². The number of fused-ring (bicyclic) bond motifs is 1. The predicted molar refractivity (Wildman–Crippen MR) is 82.5 cm³/mol. The Labute approximate surface area is 123 Å². The molecule has 0 aromatic carbocycles. The van der Waals surface area contributed by atoms with E-state index in [0.29, 0.717) is 22.9 Å². The molecule has 3 N–H and O–H groups in total. The van der Waals surface area contributed by atoms with Gasteiger partial charge in [-0.1, -0.05) is 13.3 Å². The van der Waals surface area contributed by atoms with E-state index >= 15 is 0 Å². The monoisotopic (exact) mass is 290 g/mol. The molecule has 0 saturated carbocycles. The quantitative estimate of drug-likeness (QED) is 0.769. The lowest BCUT2D eigenvalue weighted by Crippen LogP contribution is -2.35. The third-order valence-corrected chi connectivity index (χ3v) is 3.96. The maximum atomic E-state index is 11.8. The summed E-state index contributed by atoms with van der Waals surface area (Å²) in [5, 5.41) is 10.3. The largest absolute Gasteiger partial charge is 0.355 e. The normalized spacial score (nSPS) is 18.0. The maximum absolute atomic E-state index is 11.8. The highest BCUT2D eigenvalue weighted by molar-refractivity contribution is 5.73. The first kappa shape index (κ1) is 14.1. The molecule has 21 heavy (non-hydrogen) atoms. The van der Waals surface area contributed by atoms with E-state index in [1.807, 2.05) is 0 Å². The van der Waals surface area contributed by atoms with E-state index in [9.17, 15) is 4.79 Å². The lowest BCUT2D eigenvalue weighted by Gasteiger charge is -2.29. The fraction of sp³-hybridized carbons (Fsp3) is 0.643. The van der Waals surface area contributed by atoms with Crippen molar-refractivity contribution in [1.29, 1.82) is 0 Å². The fourth-order valence-electron chi connectivity index (χ4n) is 2.85. The van der Waals surface area contributed by atoms with E-state index < -0.39 is 0 Å². The predicted octanol–water partition coefficient (Wildman–Crippen LogP) is 1.18. The van der Waals surface area contributed by atoms with Gasteiger partial charge in [-0.15, -0.1) is 0 Å². The van der Waals surface area contributed by atoms with Gasteiger partial charge in [0.05, 0.1) is 6.20 Å². The summed E-state index contributed by atoms with van der Waals surface area (Å²) in [7, 11) is 0. The van der Waals surface area contributed by atoms with Crippen LogP contribution in [0.3, 0.4) is 0 Å². The first-order valence-corrected chi connectivity index (χ1v) is 7.62. The zero-order valence-electron chi connectivity index (χ0n) is 12.4. The number of likely N-dealkylation sites (tertiary alicyclic amines) is 1. The van der Waals surface area contributed by atoms with Gasteiger partial charge >= 0.3 is 0 Å². The lowest BCUT2D eigenvalue weighted by molar-refractivity contribution is 0.204. The molecule has 7 heteroatoms. The third kappa shape index (κ3) is 3.41. The highest BCUT2D eigenvalue weighted by atomic mass is 16.1. The van der Waals surface area contributed by atoms with Crippen molar-refractivity contribution >= 4 is 17.0 Å². The second-order valence-corrected chi connectivity index (χ2v) is 5.89. The van der Waals surface area contributed by atoms with Gasteiger partial charge < -0.3 is 10.2 Å². The summed E-state index contributed by atoms with van der Waals surface area (Å²) >= 11 is 0. The van der Waals surface area contributed by atoms with Crippen LogP contribution >= 0.6 is 0 Å². The number of nitrogens with zero attached hydrogens (tertiary/aromatic N) is 3. The molecule has 1 unspecified atom stereocenters. The molecule has 0 bridgehead atoms. The standard InChI is InChI=1S/C14H22N6O/c1-10(9-20-5-3-2-4-6-20)7-15-14-17-12-11(8-16-19-12)13(21)18-14/h8,10H,2-7,9H2,1H3,(H3,15,16,17,18,19,21). The average molecular weight is 290 g/mol. The molecule has 1 aliphatic rings. The van der Waals surface area contributed by atoms with Crippen LogP contribution in [0.2, 0.25) is 0 Å². The second kappa shape index (κ2) is 6.26. The Morgan fingerprint density at radius 2 is 2.19 bits per heavy atom. The molecular formula is C14H22N6O. The summed E-state index contributed by atoms with van der Waals surface area (Å²) in [6, 6.07) is 0. The van der Waals surface area contributed by atoms with Crippen LogP contribution in [0.25, 0.3) is 11.0 Å². The minimum atomic E-state index is -0.167. The van der Waals surface area contributed by atoms with Crippen molar-refractivity contribution in [3.63, 3.8) is 0 Å². The van der Waals surface area contributed by atoms with Gasteiger partial charge in [0.25, 0.3) is 5.56 Å². The fourth-order valence-corrected chi connectivity index (χ4v) is 2.85. The van der Waals surface area contributed by atoms with Gasteiger partial charge in [-0.3, -0.25) is 14.9 Å². The smallest absolute Gasteiger partial charge is 0.263 e. The molecule has 1 atom stereocenters. The summed E-state index contributed by atoms with van der Waals surface area (Å²) in [5.41, 5.74) is 0.352. The van der Waals surface area contributed by atoms with Crippen molar-refractivity contribution in [3.05, 3.63) is 16.6 Å². The maximum Gasteiger partial charge on any atom is 0.263 e. The van der Waals surface area contributed by atoms with Crippen LogP contribution in [0, 0.1) is 5.92 Å². The number of H-pyrrole nitrogens is 2. The van der Waals surface area contributed by atoms with Crippen LogP contribution in [0.15, 0.2) is 11.0 Å². The van der Waals surface area contributed by atoms with Gasteiger partial charge in [0.15, 0.2) is 5.65 Å². The van der Waals surface area contributed by atoms with Crippen molar-refractivity contribution in [2.75, 3.05) is 31.5 Å². The molecule has 0 radical (unpaired) electrons. The number of hydrogen-bond acceptors (Lipinski definition) is 5. The van der Waals surface area contributed by atoms with Crippen molar-refractivity contribution in [1.82, 2.24) is 25.1 Å². The summed E-state index contributed by atoms with van der Waals surface area (Å²) in [6.45, 7) is 6.51. The second-order valence-electron chi connectivity index (χ2n) is 5.89. The first-order chi connectivity index (χ1) is 10.2. The Kier molecular flexibility index (Phi) is 4.19. The van der Waals surface area contributed by atoms with E-state index in [-0.39, 0.29) is 5.56 Å². The van der Waals surface area contributed by atoms with Gasteiger partial charge in [0.2, 0.25) is 5.95 Å². The summed E-state index contributed by atoms with van der Waals surface area (Å²) in [4.78, 5) is 21.4. The Morgan fingerprint density at radius 1 is 1.38 bits per heavy atom. The minimum Gasteiger partial charge on any atom is -0.355 e. The molecule has 0 spiro atoms. The van der Waals surface area contributed by atoms with Gasteiger partial charge in [0, 0.05) is 13.1 Å². The van der Waals surface area contributed by atoms with Crippen molar-refractivity contribution in [3.8, 4) is 0 Å².